The maximum absolute atomic E-state index is 12.3. The van der Waals surface area contributed by atoms with E-state index in [9.17, 15) is 4.79 Å². The van der Waals surface area contributed by atoms with Gasteiger partial charge in [0.15, 0.2) is 0 Å². The molecule has 212 valence electrons. The molecule has 4 aromatic rings. The summed E-state index contributed by atoms with van der Waals surface area (Å²) in [4.78, 5) is 39.6. The Morgan fingerprint density at radius 3 is 2.59 bits per heavy atom. The number of hydrogen-bond acceptors (Lipinski definition) is 9. The van der Waals surface area contributed by atoms with Crippen molar-refractivity contribution in [2.24, 2.45) is 0 Å². The van der Waals surface area contributed by atoms with Crippen LogP contribution >= 0.6 is 0 Å². The van der Waals surface area contributed by atoms with E-state index in [-0.39, 0.29) is 11.8 Å². The van der Waals surface area contributed by atoms with Crippen LogP contribution in [0.4, 0.5) is 11.8 Å². The Bertz CT molecular complexity index is 1530. The first-order valence-corrected chi connectivity index (χ1v) is 14.0. The molecule has 5 rings (SSSR count). The lowest BCUT2D eigenvalue weighted by Crippen LogP contribution is -2.43. The number of nitrogens with zero attached hydrogens (tertiary/aromatic N) is 7. The predicted molar refractivity (Wildman–Crippen MR) is 163 cm³/mol. The highest BCUT2D eigenvalue weighted by Crippen LogP contribution is 2.27. The lowest BCUT2D eigenvalue weighted by Gasteiger charge is -2.37. The van der Waals surface area contributed by atoms with E-state index in [0.717, 1.165) is 59.4 Å². The molecule has 0 spiro atoms. The van der Waals surface area contributed by atoms with E-state index in [1.165, 1.54) is 0 Å². The zero-order valence-corrected chi connectivity index (χ0v) is 24.1. The molecule has 0 saturated carbocycles. The maximum Gasteiger partial charge on any atom is 0.251 e. The highest BCUT2D eigenvalue weighted by Gasteiger charge is 2.24. The number of pyridine rings is 1. The third kappa shape index (κ3) is 6.11. The van der Waals surface area contributed by atoms with Crippen LogP contribution in [-0.2, 0) is 0 Å². The average Bonchev–Trinajstić information content (AvgIpc) is 3.02. The number of benzene rings is 1. The van der Waals surface area contributed by atoms with Gasteiger partial charge in [0, 0.05) is 87.0 Å². The van der Waals surface area contributed by atoms with Crippen LogP contribution in [-0.4, -0.2) is 75.5 Å². The third-order valence-electron chi connectivity index (χ3n) is 7.86. The van der Waals surface area contributed by atoms with Gasteiger partial charge in [0.1, 0.15) is 12.1 Å². The molecule has 2 N–H and O–H groups in total. The first kappa shape index (κ1) is 27.9. The van der Waals surface area contributed by atoms with Crippen molar-refractivity contribution in [3.63, 3.8) is 0 Å². The van der Waals surface area contributed by atoms with Crippen LogP contribution in [0.25, 0.3) is 22.2 Å². The molecule has 0 radical (unpaired) electrons. The number of carbonyl (C=O) groups excluding carboxylic acids is 1. The zero-order chi connectivity index (χ0) is 28.9. The number of allylic oxidation sites excluding steroid dienone is 1. The molecule has 1 atom stereocenters. The second-order valence-corrected chi connectivity index (χ2v) is 10.6. The average molecular weight is 552 g/mol. The van der Waals surface area contributed by atoms with Gasteiger partial charge in [0.2, 0.25) is 5.95 Å². The van der Waals surface area contributed by atoms with E-state index in [0.29, 0.717) is 29.9 Å². The molecule has 3 aromatic heterocycles. The van der Waals surface area contributed by atoms with E-state index < -0.39 is 0 Å². The maximum atomic E-state index is 12.3. The molecule has 1 fully saturated rings. The summed E-state index contributed by atoms with van der Waals surface area (Å²) in [5.41, 5.74) is 5.22. The van der Waals surface area contributed by atoms with Gasteiger partial charge in [0.05, 0.1) is 16.8 Å². The number of carbonyl (C=O) groups is 1. The molecule has 1 saturated heterocycles. The van der Waals surface area contributed by atoms with Crippen LogP contribution in [0.1, 0.15) is 48.5 Å². The minimum Gasteiger partial charge on any atom is -0.375 e. The van der Waals surface area contributed by atoms with Crippen molar-refractivity contribution in [1.29, 1.82) is 0 Å². The molecule has 1 aliphatic rings. The number of para-hydroxylation sites is 1. The Kier molecular flexibility index (Phi) is 8.37. The molecule has 0 bridgehead atoms. The van der Waals surface area contributed by atoms with Gasteiger partial charge in [-0.3, -0.25) is 9.78 Å². The van der Waals surface area contributed by atoms with Gasteiger partial charge in [0.25, 0.3) is 5.91 Å². The third-order valence-corrected chi connectivity index (χ3v) is 7.86. The normalized spacial score (nSPS) is 14.5. The van der Waals surface area contributed by atoms with Gasteiger partial charge in [-0.05, 0) is 31.4 Å². The Labute approximate surface area is 241 Å². The quantitative estimate of drug-likeness (QED) is 0.311. The van der Waals surface area contributed by atoms with Crippen LogP contribution in [0.3, 0.4) is 0 Å². The smallest absolute Gasteiger partial charge is 0.251 e. The van der Waals surface area contributed by atoms with Gasteiger partial charge < -0.3 is 20.4 Å². The lowest BCUT2D eigenvalue weighted by molar-refractivity contribution is 0.0964. The molecule has 10 heteroatoms. The van der Waals surface area contributed by atoms with Gasteiger partial charge in [-0.2, -0.15) is 0 Å². The molecular formula is C31H37N9O. The Morgan fingerprint density at radius 1 is 1.12 bits per heavy atom. The minimum atomic E-state index is -0.124. The highest BCUT2D eigenvalue weighted by atomic mass is 16.1. The van der Waals surface area contributed by atoms with E-state index in [2.05, 4.69) is 78.9 Å². The SMILES string of the molecule is C=C(C)N1CCC(N(C)c2ncc(-c3cc(NC[C@@H](C)c4cccc5c(C(=O)NC)ccnc45)ncn3)cn2)CC1. The summed E-state index contributed by atoms with van der Waals surface area (Å²) < 4.78 is 0. The van der Waals surface area contributed by atoms with Crippen molar-refractivity contribution in [2.45, 2.75) is 38.6 Å². The number of aromatic nitrogens is 5. The van der Waals surface area contributed by atoms with Crippen molar-refractivity contribution < 1.29 is 4.79 Å². The predicted octanol–water partition coefficient (Wildman–Crippen LogP) is 4.49. The molecule has 1 amide bonds. The summed E-state index contributed by atoms with van der Waals surface area (Å²) in [5, 5.41) is 6.98. The summed E-state index contributed by atoms with van der Waals surface area (Å²) in [5.74, 6) is 1.42. The zero-order valence-electron chi connectivity index (χ0n) is 24.1. The number of hydrogen-bond donors (Lipinski definition) is 2. The fraction of sp³-hybridized carbons (Fsp3) is 0.355. The van der Waals surface area contributed by atoms with E-state index in [4.69, 9.17) is 0 Å². The molecule has 0 unspecified atom stereocenters. The molecular weight excluding hydrogens is 514 g/mol. The van der Waals surface area contributed by atoms with Crippen LogP contribution < -0.4 is 15.5 Å². The van der Waals surface area contributed by atoms with Crippen molar-refractivity contribution in [1.82, 2.24) is 35.1 Å². The van der Waals surface area contributed by atoms with E-state index in [1.54, 1.807) is 25.6 Å². The van der Waals surface area contributed by atoms with Crippen LogP contribution in [0.15, 0.2) is 67.5 Å². The second-order valence-electron chi connectivity index (χ2n) is 10.6. The minimum absolute atomic E-state index is 0.116. The van der Waals surface area contributed by atoms with Gasteiger partial charge in [-0.25, -0.2) is 19.9 Å². The van der Waals surface area contributed by atoms with Crippen molar-refractivity contribution in [3.8, 4) is 11.3 Å². The van der Waals surface area contributed by atoms with Gasteiger partial charge in [-0.15, -0.1) is 0 Å². The monoisotopic (exact) mass is 551 g/mol. The fourth-order valence-corrected chi connectivity index (χ4v) is 5.34. The first-order valence-electron chi connectivity index (χ1n) is 14.0. The number of nitrogens with one attached hydrogen (secondary N) is 2. The Hall–Kier alpha value is -4.60. The van der Waals surface area contributed by atoms with Crippen molar-refractivity contribution >= 4 is 28.6 Å². The van der Waals surface area contributed by atoms with Crippen LogP contribution in [0.2, 0.25) is 0 Å². The number of likely N-dealkylation sites (tertiary alicyclic amines) is 1. The number of amides is 1. The summed E-state index contributed by atoms with van der Waals surface area (Å²) in [7, 11) is 3.70. The molecule has 0 aliphatic carbocycles. The fourth-order valence-electron chi connectivity index (χ4n) is 5.34. The summed E-state index contributed by atoms with van der Waals surface area (Å²) in [6.45, 7) is 10.9. The molecule has 41 heavy (non-hydrogen) atoms. The van der Waals surface area contributed by atoms with Crippen LogP contribution in [0.5, 0.6) is 0 Å². The topological polar surface area (TPSA) is 112 Å². The van der Waals surface area contributed by atoms with E-state index in [1.807, 2.05) is 30.6 Å². The second kappa shape index (κ2) is 12.3. The van der Waals surface area contributed by atoms with Gasteiger partial charge >= 0.3 is 0 Å². The summed E-state index contributed by atoms with van der Waals surface area (Å²) in [6.07, 6.45) is 8.98. The Morgan fingerprint density at radius 2 is 1.88 bits per heavy atom. The first-order chi connectivity index (χ1) is 19.9. The highest BCUT2D eigenvalue weighted by molar-refractivity contribution is 6.06. The summed E-state index contributed by atoms with van der Waals surface area (Å²) >= 11 is 0. The van der Waals surface area contributed by atoms with Gasteiger partial charge in [-0.1, -0.05) is 31.7 Å². The van der Waals surface area contributed by atoms with Crippen molar-refractivity contribution in [2.75, 3.05) is 43.9 Å². The van der Waals surface area contributed by atoms with Crippen molar-refractivity contribution in [3.05, 3.63) is 78.7 Å². The largest absolute Gasteiger partial charge is 0.375 e. The number of fused-ring (bicyclic) bond motifs is 1. The number of piperidine rings is 1. The number of anilines is 2. The lowest BCUT2D eigenvalue weighted by atomic mass is 9.96. The summed E-state index contributed by atoms with van der Waals surface area (Å²) in [6, 6.07) is 10.0. The Balaban J connectivity index is 1.25. The number of rotatable bonds is 9. The standard InChI is InChI=1S/C31H37N9O/c1-20(2)40-13-10-23(11-14-40)39(5)31-35-17-22(18-36-31)27-15-28(38-19-37-27)34-16-21(3)24-7-6-8-25-26(30(41)32-4)9-12-33-29(24)25/h6-9,12,15,17-19,21,23H,1,10-11,13-14,16H2,2-5H3,(H,32,41)(H,34,37,38)/t21-/m1/s1. The molecule has 1 aromatic carbocycles. The molecule has 10 nitrogen and oxygen atoms in total. The molecule has 1 aliphatic heterocycles. The molecule has 4 heterocycles. The van der Waals surface area contributed by atoms with Crippen LogP contribution in [0, 0.1) is 0 Å². The van der Waals surface area contributed by atoms with E-state index >= 15 is 0 Å².